The molecule has 28 heavy (non-hydrogen) atoms. The van der Waals surface area contributed by atoms with Crippen LogP contribution in [-0.2, 0) is 10.0 Å². The SMILES string of the molecule is CCNc1ccc(N2CCN(S(=O)(=O)c3cc(OC)ccc3OC)CC2)nn1. The molecule has 1 saturated heterocycles. The van der Waals surface area contributed by atoms with Crippen LogP contribution in [0.3, 0.4) is 0 Å². The van der Waals surface area contributed by atoms with Crippen LogP contribution in [0.1, 0.15) is 6.92 Å². The molecule has 3 rings (SSSR count). The van der Waals surface area contributed by atoms with Crippen molar-refractivity contribution in [1.82, 2.24) is 14.5 Å². The molecule has 1 aliphatic rings. The van der Waals surface area contributed by atoms with Crippen LogP contribution in [0.4, 0.5) is 11.6 Å². The molecule has 0 bridgehead atoms. The van der Waals surface area contributed by atoms with Crippen LogP contribution in [0, 0.1) is 0 Å². The lowest BCUT2D eigenvalue weighted by Crippen LogP contribution is -2.49. The Balaban J connectivity index is 1.73. The highest BCUT2D eigenvalue weighted by atomic mass is 32.2. The van der Waals surface area contributed by atoms with Gasteiger partial charge in [-0.25, -0.2) is 8.42 Å². The lowest BCUT2D eigenvalue weighted by molar-refractivity contribution is 0.370. The van der Waals surface area contributed by atoms with Gasteiger partial charge in [-0.3, -0.25) is 0 Å². The van der Waals surface area contributed by atoms with Gasteiger partial charge in [0, 0.05) is 38.8 Å². The third-order valence-corrected chi connectivity index (χ3v) is 6.48. The molecule has 0 radical (unpaired) electrons. The number of hydrogen-bond donors (Lipinski definition) is 1. The molecule has 0 spiro atoms. The number of piperazine rings is 1. The van der Waals surface area contributed by atoms with Gasteiger partial charge >= 0.3 is 0 Å². The van der Waals surface area contributed by atoms with E-state index in [1.807, 2.05) is 24.0 Å². The van der Waals surface area contributed by atoms with Crippen LogP contribution in [0.5, 0.6) is 11.5 Å². The summed E-state index contributed by atoms with van der Waals surface area (Å²) in [5.74, 6) is 2.22. The fourth-order valence-corrected chi connectivity index (χ4v) is 4.64. The molecule has 152 valence electrons. The van der Waals surface area contributed by atoms with Crippen molar-refractivity contribution < 1.29 is 17.9 Å². The molecular formula is C18H25N5O4S. The van der Waals surface area contributed by atoms with E-state index in [1.54, 1.807) is 12.1 Å². The summed E-state index contributed by atoms with van der Waals surface area (Å²) >= 11 is 0. The molecule has 0 unspecified atom stereocenters. The van der Waals surface area contributed by atoms with Crippen molar-refractivity contribution in [2.45, 2.75) is 11.8 Å². The Morgan fingerprint density at radius 1 is 1.04 bits per heavy atom. The third kappa shape index (κ3) is 4.12. The minimum Gasteiger partial charge on any atom is -0.497 e. The number of anilines is 2. The fourth-order valence-electron chi connectivity index (χ4n) is 3.05. The van der Waals surface area contributed by atoms with Gasteiger partial charge in [-0.1, -0.05) is 0 Å². The first kappa shape index (κ1) is 20.2. The summed E-state index contributed by atoms with van der Waals surface area (Å²) < 4.78 is 38.1. The number of sulfonamides is 1. The lowest BCUT2D eigenvalue weighted by atomic mass is 10.3. The largest absolute Gasteiger partial charge is 0.497 e. The number of aromatic nitrogens is 2. The zero-order valence-corrected chi connectivity index (χ0v) is 17.1. The maximum atomic E-state index is 13.1. The van der Waals surface area contributed by atoms with Gasteiger partial charge in [0.2, 0.25) is 10.0 Å². The molecule has 0 atom stereocenters. The van der Waals surface area contributed by atoms with Crippen molar-refractivity contribution in [2.75, 3.05) is 57.2 Å². The highest BCUT2D eigenvalue weighted by Gasteiger charge is 2.31. The Kier molecular flexibility index (Phi) is 6.20. The maximum absolute atomic E-state index is 13.1. The average Bonchev–Trinajstić information content (AvgIpc) is 2.74. The highest BCUT2D eigenvalue weighted by molar-refractivity contribution is 7.89. The predicted octanol–water partition coefficient (Wildman–Crippen LogP) is 1.44. The Bertz CT molecular complexity index is 897. The van der Waals surface area contributed by atoms with Gasteiger partial charge in [0.1, 0.15) is 22.2 Å². The quantitative estimate of drug-likeness (QED) is 0.736. The van der Waals surface area contributed by atoms with E-state index >= 15 is 0 Å². The zero-order valence-electron chi connectivity index (χ0n) is 16.3. The number of nitrogens with one attached hydrogen (secondary N) is 1. The van der Waals surface area contributed by atoms with Crippen LogP contribution in [0.25, 0.3) is 0 Å². The predicted molar refractivity (Wildman–Crippen MR) is 107 cm³/mol. The standard InChI is InChI=1S/C18H25N5O4S/c1-4-19-17-7-8-18(21-20-17)22-9-11-23(12-10-22)28(24,25)16-13-14(26-2)5-6-15(16)27-3/h5-8,13H,4,9-12H2,1-3H3,(H,19,20). The van der Waals surface area contributed by atoms with Crippen LogP contribution in [0.15, 0.2) is 35.2 Å². The third-order valence-electron chi connectivity index (χ3n) is 4.56. The second kappa shape index (κ2) is 8.61. The molecule has 1 aromatic carbocycles. The van der Waals surface area contributed by atoms with Crippen molar-refractivity contribution in [3.8, 4) is 11.5 Å². The van der Waals surface area contributed by atoms with Gasteiger partial charge < -0.3 is 19.7 Å². The summed E-state index contributed by atoms with van der Waals surface area (Å²) in [5.41, 5.74) is 0. The van der Waals surface area contributed by atoms with E-state index in [4.69, 9.17) is 9.47 Å². The minimum atomic E-state index is -3.70. The van der Waals surface area contributed by atoms with Crippen molar-refractivity contribution in [3.63, 3.8) is 0 Å². The van der Waals surface area contributed by atoms with E-state index in [0.717, 1.165) is 18.2 Å². The molecule has 1 aromatic heterocycles. The van der Waals surface area contributed by atoms with Crippen LogP contribution in [-0.4, -0.2) is 69.9 Å². The highest BCUT2D eigenvalue weighted by Crippen LogP contribution is 2.31. The van der Waals surface area contributed by atoms with E-state index < -0.39 is 10.0 Å². The summed E-state index contributed by atoms with van der Waals surface area (Å²) in [5, 5.41) is 11.5. The van der Waals surface area contributed by atoms with E-state index in [2.05, 4.69) is 15.5 Å². The number of benzene rings is 1. The Morgan fingerprint density at radius 3 is 2.36 bits per heavy atom. The molecule has 2 aromatic rings. The van der Waals surface area contributed by atoms with E-state index in [0.29, 0.717) is 37.7 Å². The molecule has 10 heteroatoms. The van der Waals surface area contributed by atoms with Gasteiger partial charge in [-0.15, -0.1) is 10.2 Å². The Labute approximate surface area is 165 Å². The minimum absolute atomic E-state index is 0.109. The molecule has 0 amide bonds. The summed E-state index contributed by atoms with van der Waals surface area (Å²) in [6.45, 7) is 4.52. The van der Waals surface area contributed by atoms with Crippen molar-refractivity contribution in [2.24, 2.45) is 0 Å². The Morgan fingerprint density at radius 2 is 1.79 bits per heavy atom. The van der Waals surface area contributed by atoms with Gasteiger partial charge in [-0.05, 0) is 31.2 Å². The van der Waals surface area contributed by atoms with E-state index in [1.165, 1.54) is 24.6 Å². The van der Waals surface area contributed by atoms with Gasteiger partial charge in [0.25, 0.3) is 0 Å². The molecule has 2 heterocycles. The molecular weight excluding hydrogens is 382 g/mol. The zero-order chi connectivity index (χ0) is 20.1. The first-order valence-electron chi connectivity index (χ1n) is 9.04. The van der Waals surface area contributed by atoms with Crippen molar-refractivity contribution >= 4 is 21.7 Å². The fraction of sp³-hybridized carbons (Fsp3) is 0.444. The molecule has 1 aliphatic heterocycles. The number of hydrogen-bond acceptors (Lipinski definition) is 8. The number of rotatable bonds is 7. The second-order valence-corrected chi connectivity index (χ2v) is 8.12. The first-order valence-corrected chi connectivity index (χ1v) is 10.5. The Hall–Kier alpha value is -2.59. The van der Waals surface area contributed by atoms with E-state index in [9.17, 15) is 8.42 Å². The van der Waals surface area contributed by atoms with E-state index in [-0.39, 0.29) is 4.90 Å². The molecule has 0 aliphatic carbocycles. The van der Waals surface area contributed by atoms with Gasteiger partial charge in [-0.2, -0.15) is 4.31 Å². The van der Waals surface area contributed by atoms with Crippen LogP contribution < -0.4 is 19.7 Å². The summed E-state index contributed by atoms with van der Waals surface area (Å²) in [6.07, 6.45) is 0. The molecule has 9 nitrogen and oxygen atoms in total. The van der Waals surface area contributed by atoms with Crippen LogP contribution >= 0.6 is 0 Å². The molecule has 1 fully saturated rings. The first-order chi connectivity index (χ1) is 13.5. The molecule has 1 N–H and O–H groups in total. The van der Waals surface area contributed by atoms with Gasteiger partial charge in [0.15, 0.2) is 5.82 Å². The number of nitrogens with zero attached hydrogens (tertiary/aromatic N) is 4. The van der Waals surface area contributed by atoms with Crippen LogP contribution in [0.2, 0.25) is 0 Å². The van der Waals surface area contributed by atoms with Gasteiger partial charge in [0.05, 0.1) is 14.2 Å². The summed E-state index contributed by atoms with van der Waals surface area (Å²) in [6, 6.07) is 8.52. The maximum Gasteiger partial charge on any atom is 0.247 e. The topological polar surface area (TPSA) is 96.9 Å². The summed E-state index contributed by atoms with van der Waals surface area (Å²) in [4.78, 5) is 2.13. The average molecular weight is 407 g/mol. The number of methoxy groups -OCH3 is 2. The van der Waals surface area contributed by atoms with Crippen molar-refractivity contribution in [1.29, 1.82) is 0 Å². The number of ether oxygens (including phenoxy) is 2. The second-order valence-electron chi connectivity index (χ2n) is 6.22. The smallest absolute Gasteiger partial charge is 0.247 e. The lowest BCUT2D eigenvalue weighted by Gasteiger charge is -2.34. The monoisotopic (exact) mass is 407 g/mol. The molecule has 0 saturated carbocycles. The normalized spacial score (nSPS) is 15.3. The van der Waals surface area contributed by atoms with Crippen molar-refractivity contribution in [3.05, 3.63) is 30.3 Å². The summed E-state index contributed by atoms with van der Waals surface area (Å²) in [7, 11) is -0.749.